The molecule has 7 nitrogen and oxygen atoms in total. The van der Waals surface area contributed by atoms with Crippen LogP contribution in [0, 0.1) is 17.0 Å². The average molecular weight is 473 g/mol. The second-order valence-electron chi connectivity index (χ2n) is 10.4. The van der Waals surface area contributed by atoms with E-state index in [1.165, 1.54) is 38.4 Å². The van der Waals surface area contributed by atoms with Crippen molar-refractivity contribution in [3.63, 3.8) is 0 Å². The Kier molecular flexibility index (Phi) is 5.86. The summed E-state index contributed by atoms with van der Waals surface area (Å²) in [6, 6.07) is 4.08. The summed E-state index contributed by atoms with van der Waals surface area (Å²) in [7, 11) is 1.91. The van der Waals surface area contributed by atoms with Crippen molar-refractivity contribution in [2.24, 2.45) is 5.41 Å². The summed E-state index contributed by atoms with van der Waals surface area (Å²) in [5.74, 6) is -1.53. The fourth-order valence-corrected chi connectivity index (χ4v) is 4.93. The van der Waals surface area contributed by atoms with Crippen LogP contribution in [-0.4, -0.2) is 50.4 Å². The van der Waals surface area contributed by atoms with Gasteiger partial charge in [0.15, 0.2) is 0 Å². The highest BCUT2D eigenvalue weighted by atomic mass is 19.1. The van der Waals surface area contributed by atoms with E-state index in [0.717, 1.165) is 0 Å². The molecule has 2 N–H and O–H groups in total. The van der Waals surface area contributed by atoms with Gasteiger partial charge in [0.25, 0.3) is 5.89 Å². The van der Waals surface area contributed by atoms with Crippen molar-refractivity contribution < 1.29 is 23.5 Å². The van der Waals surface area contributed by atoms with E-state index < -0.39 is 28.3 Å². The normalized spacial score (nSPS) is 18.1. The van der Waals surface area contributed by atoms with Gasteiger partial charge in [-0.3, -0.25) is 4.98 Å². The van der Waals surface area contributed by atoms with Crippen molar-refractivity contribution in [1.82, 2.24) is 20.0 Å². The average Bonchev–Trinajstić information content (AvgIpc) is 3.22. The third kappa shape index (κ3) is 3.91. The van der Waals surface area contributed by atoms with Crippen molar-refractivity contribution in [2.75, 3.05) is 20.1 Å². The standard InChI is InChI=1S/C25H30F2N4O3/c1-14(2)20-18(26)8-16(9-19(20)27)25(33,24(5)12-31(6)13-24)17-7-15(10-28-11-17)21-29-22(34-30-21)23(3,4)32/h7-11,14,32-33H,12-13H2,1-6H3. The van der Waals surface area contributed by atoms with Gasteiger partial charge >= 0.3 is 0 Å². The first-order chi connectivity index (χ1) is 15.8. The molecule has 1 aliphatic heterocycles. The number of hydrogen-bond donors (Lipinski definition) is 2. The van der Waals surface area contributed by atoms with Crippen molar-refractivity contribution >= 4 is 0 Å². The zero-order chi connectivity index (χ0) is 25.1. The van der Waals surface area contributed by atoms with Crippen LogP contribution in [0.15, 0.2) is 35.1 Å². The van der Waals surface area contributed by atoms with E-state index in [9.17, 15) is 10.2 Å². The lowest BCUT2D eigenvalue weighted by molar-refractivity contribution is -0.127. The first kappa shape index (κ1) is 24.4. The molecule has 1 aromatic carbocycles. The van der Waals surface area contributed by atoms with Crippen LogP contribution in [0.5, 0.6) is 0 Å². The molecule has 182 valence electrons. The van der Waals surface area contributed by atoms with Crippen molar-refractivity contribution in [1.29, 1.82) is 0 Å². The number of pyridine rings is 1. The van der Waals surface area contributed by atoms with Crippen LogP contribution in [-0.2, 0) is 11.2 Å². The molecule has 1 unspecified atom stereocenters. The van der Waals surface area contributed by atoms with Crippen LogP contribution in [0.3, 0.4) is 0 Å². The lowest BCUT2D eigenvalue weighted by atomic mass is 9.62. The molecule has 9 heteroatoms. The summed E-state index contributed by atoms with van der Waals surface area (Å²) in [6.45, 7) is 9.38. The van der Waals surface area contributed by atoms with E-state index in [1.807, 2.05) is 18.9 Å². The molecule has 3 aromatic rings. The van der Waals surface area contributed by atoms with Gasteiger partial charge in [0.05, 0.1) is 0 Å². The molecule has 34 heavy (non-hydrogen) atoms. The van der Waals surface area contributed by atoms with E-state index in [0.29, 0.717) is 24.2 Å². The monoisotopic (exact) mass is 472 g/mol. The molecular weight excluding hydrogens is 442 g/mol. The third-order valence-electron chi connectivity index (χ3n) is 6.55. The zero-order valence-electron chi connectivity index (χ0n) is 20.2. The summed E-state index contributed by atoms with van der Waals surface area (Å²) in [5.41, 5.74) is -2.92. The highest BCUT2D eigenvalue weighted by Crippen LogP contribution is 2.51. The number of likely N-dealkylation sites (tertiary alicyclic amines) is 1. The van der Waals surface area contributed by atoms with Crippen molar-refractivity contribution in [3.8, 4) is 11.4 Å². The maximum Gasteiger partial charge on any atom is 0.258 e. The summed E-state index contributed by atoms with van der Waals surface area (Å²) < 4.78 is 35.2. The molecule has 0 saturated carbocycles. The second-order valence-corrected chi connectivity index (χ2v) is 10.4. The maximum atomic E-state index is 15.0. The Morgan fingerprint density at radius 3 is 2.18 bits per heavy atom. The quantitative estimate of drug-likeness (QED) is 0.561. The Hall–Kier alpha value is -2.75. The Balaban J connectivity index is 1.87. The number of rotatable bonds is 6. The molecule has 0 bridgehead atoms. The summed E-state index contributed by atoms with van der Waals surface area (Å²) in [6.07, 6.45) is 2.98. The summed E-state index contributed by atoms with van der Waals surface area (Å²) in [4.78, 5) is 10.5. The van der Waals surface area contributed by atoms with Gasteiger partial charge in [0.2, 0.25) is 5.82 Å². The number of hydrogen-bond acceptors (Lipinski definition) is 7. The fraction of sp³-hybridized carbons (Fsp3) is 0.480. The van der Waals surface area contributed by atoms with Crippen LogP contribution in [0.25, 0.3) is 11.4 Å². The minimum absolute atomic E-state index is 0.0141. The molecule has 0 amide bonds. The van der Waals surface area contributed by atoms with Gasteiger partial charge < -0.3 is 19.6 Å². The first-order valence-corrected chi connectivity index (χ1v) is 11.2. The number of nitrogens with zero attached hydrogens (tertiary/aromatic N) is 4. The van der Waals surface area contributed by atoms with Gasteiger partial charge in [-0.25, -0.2) is 8.78 Å². The summed E-state index contributed by atoms with van der Waals surface area (Å²) in [5, 5.41) is 26.3. The number of halogens is 2. The molecule has 1 saturated heterocycles. The second kappa shape index (κ2) is 8.18. The molecule has 3 heterocycles. The minimum atomic E-state index is -1.75. The van der Waals surface area contributed by atoms with E-state index in [2.05, 4.69) is 15.1 Å². The Bertz CT molecular complexity index is 1190. The molecular formula is C25H30F2N4O3. The molecule has 0 spiro atoms. The number of aliphatic hydroxyl groups is 2. The fourth-order valence-electron chi connectivity index (χ4n) is 4.93. The number of benzene rings is 1. The Labute approximate surface area is 197 Å². The molecule has 1 aliphatic rings. The van der Waals surface area contributed by atoms with Crippen LogP contribution in [0.2, 0.25) is 0 Å². The van der Waals surface area contributed by atoms with Crippen molar-refractivity contribution in [2.45, 2.75) is 51.7 Å². The van der Waals surface area contributed by atoms with Gasteiger partial charge in [-0.1, -0.05) is 25.9 Å². The summed E-state index contributed by atoms with van der Waals surface area (Å²) >= 11 is 0. The van der Waals surface area contributed by atoms with Crippen LogP contribution in [0.1, 0.15) is 63.1 Å². The van der Waals surface area contributed by atoms with Crippen molar-refractivity contribution in [3.05, 3.63) is 64.8 Å². The van der Waals surface area contributed by atoms with Crippen LogP contribution in [0.4, 0.5) is 8.78 Å². The van der Waals surface area contributed by atoms with Crippen LogP contribution < -0.4 is 0 Å². The Morgan fingerprint density at radius 1 is 1.06 bits per heavy atom. The molecule has 0 aliphatic carbocycles. The smallest absolute Gasteiger partial charge is 0.258 e. The lowest BCUT2D eigenvalue weighted by Gasteiger charge is -2.55. The SMILES string of the molecule is CC(C)c1c(F)cc(C(O)(c2cncc(-c3noc(C(C)(C)O)n3)c2)C2(C)CN(C)C2)cc1F. The first-order valence-electron chi connectivity index (χ1n) is 11.2. The highest BCUT2D eigenvalue weighted by Gasteiger charge is 2.55. The van der Waals surface area contributed by atoms with E-state index in [4.69, 9.17) is 4.52 Å². The molecule has 4 rings (SSSR count). The Morgan fingerprint density at radius 2 is 1.68 bits per heavy atom. The largest absolute Gasteiger partial charge is 0.381 e. The molecule has 0 radical (unpaired) electrons. The van der Waals surface area contributed by atoms with E-state index in [-0.39, 0.29) is 28.8 Å². The zero-order valence-corrected chi connectivity index (χ0v) is 20.2. The lowest BCUT2D eigenvalue weighted by Crippen LogP contribution is -2.63. The van der Waals surface area contributed by atoms with Gasteiger partial charge in [-0.2, -0.15) is 4.98 Å². The molecule has 2 aromatic heterocycles. The predicted octanol–water partition coefficient (Wildman–Crippen LogP) is 3.95. The molecule has 1 fully saturated rings. The maximum absolute atomic E-state index is 15.0. The van der Waals surface area contributed by atoms with Crippen LogP contribution >= 0.6 is 0 Å². The predicted molar refractivity (Wildman–Crippen MR) is 122 cm³/mol. The third-order valence-corrected chi connectivity index (χ3v) is 6.55. The van der Waals surface area contributed by atoms with Gasteiger partial charge in [0, 0.05) is 47.6 Å². The number of aromatic nitrogens is 3. The minimum Gasteiger partial charge on any atom is -0.381 e. The topological polar surface area (TPSA) is 95.5 Å². The van der Waals surface area contributed by atoms with E-state index >= 15 is 8.78 Å². The van der Waals surface area contributed by atoms with Gasteiger partial charge in [0.1, 0.15) is 22.8 Å². The van der Waals surface area contributed by atoms with E-state index in [1.54, 1.807) is 19.9 Å². The van der Waals surface area contributed by atoms with Gasteiger partial charge in [-0.15, -0.1) is 0 Å². The van der Waals surface area contributed by atoms with Gasteiger partial charge in [-0.05, 0) is 50.6 Å². The highest BCUT2D eigenvalue weighted by molar-refractivity contribution is 5.56. The molecule has 1 atom stereocenters.